The minimum Gasteiger partial charge on any atom is -0.381 e. The van der Waals surface area contributed by atoms with Gasteiger partial charge in [0.25, 0.3) is 0 Å². The van der Waals surface area contributed by atoms with Crippen LogP contribution in [0.25, 0.3) is 0 Å². The number of nitrogens with two attached hydrogens (primary N) is 1. The average Bonchev–Trinajstić information content (AvgIpc) is 2.64. The molecule has 0 bridgehead atoms. The molecule has 140 valence electrons. The van der Waals surface area contributed by atoms with E-state index in [4.69, 9.17) is 18.0 Å². The van der Waals surface area contributed by atoms with Gasteiger partial charge < -0.3 is 16.4 Å². The van der Waals surface area contributed by atoms with Crippen molar-refractivity contribution in [2.24, 2.45) is 16.1 Å². The van der Waals surface area contributed by atoms with E-state index in [-0.39, 0.29) is 11.6 Å². The first-order chi connectivity index (χ1) is 12.5. The number of hydrogen-bond acceptors (Lipinski definition) is 5. The van der Waals surface area contributed by atoms with Gasteiger partial charge in [-0.05, 0) is 31.9 Å². The zero-order valence-corrected chi connectivity index (χ0v) is 17.2. The van der Waals surface area contributed by atoms with Crippen LogP contribution in [0.1, 0.15) is 44.6 Å². The second kappa shape index (κ2) is 8.55. The maximum atomic E-state index is 6.27. The third-order valence-corrected chi connectivity index (χ3v) is 6.47. The lowest BCUT2D eigenvalue weighted by molar-refractivity contribution is 0.253. The second-order valence-electron chi connectivity index (χ2n) is 7.46. The van der Waals surface area contributed by atoms with Crippen molar-refractivity contribution in [2.75, 3.05) is 6.54 Å². The zero-order chi connectivity index (χ0) is 18.6. The molecular formula is C20H28N4S2. The Labute approximate surface area is 166 Å². The van der Waals surface area contributed by atoms with Crippen LogP contribution in [-0.4, -0.2) is 22.7 Å². The summed E-state index contributed by atoms with van der Waals surface area (Å²) in [6.45, 7) is 5.09. The summed E-state index contributed by atoms with van der Waals surface area (Å²) in [5, 5.41) is 6.74. The summed E-state index contributed by atoms with van der Waals surface area (Å²) in [7, 11) is 0. The number of allylic oxidation sites excluding steroid dienone is 1. The Bertz CT molecular complexity index is 703. The Kier molecular flexibility index (Phi) is 6.37. The van der Waals surface area contributed by atoms with Gasteiger partial charge in [0.1, 0.15) is 10.5 Å². The molecule has 26 heavy (non-hydrogen) atoms. The van der Waals surface area contributed by atoms with Crippen LogP contribution in [0.4, 0.5) is 0 Å². The highest BCUT2D eigenvalue weighted by Gasteiger charge is 2.32. The van der Waals surface area contributed by atoms with Gasteiger partial charge in [0.05, 0.1) is 12.3 Å². The summed E-state index contributed by atoms with van der Waals surface area (Å²) in [6, 6.07) is 8.30. The van der Waals surface area contributed by atoms with Gasteiger partial charge in [0.15, 0.2) is 0 Å². The molecule has 1 saturated carbocycles. The molecule has 4 nitrogen and oxygen atoms in total. The highest BCUT2D eigenvalue weighted by molar-refractivity contribution is 8.23. The maximum absolute atomic E-state index is 6.27. The Morgan fingerprint density at radius 3 is 2.58 bits per heavy atom. The molecule has 4 N–H and O–H groups in total. The van der Waals surface area contributed by atoms with Gasteiger partial charge in [-0.1, -0.05) is 67.9 Å². The molecule has 0 radical (unpaired) electrons. The van der Waals surface area contributed by atoms with Crippen molar-refractivity contribution in [1.29, 1.82) is 0 Å². The molecule has 1 aliphatic carbocycles. The molecule has 6 heteroatoms. The largest absolute Gasteiger partial charge is 0.381 e. The van der Waals surface area contributed by atoms with Gasteiger partial charge in [0.2, 0.25) is 0 Å². The summed E-state index contributed by atoms with van der Waals surface area (Å²) in [4.78, 5) is 5.75. The molecule has 1 heterocycles. The number of benzene rings is 1. The Morgan fingerprint density at radius 2 is 1.96 bits per heavy atom. The van der Waals surface area contributed by atoms with Crippen molar-refractivity contribution in [3.05, 3.63) is 41.7 Å². The Morgan fingerprint density at radius 1 is 1.27 bits per heavy atom. The summed E-state index contributed by atoms with van der Waals surface area (Å²) < 4.78 is 0.665. The number of thioether (sulfide) groups is 1. The topological polar surface area (TPSA) is 62.4 Å². The van der Waals surface area contributed by atoms with Crippen LogP contribution < -0.4 is 16.4 Å². The fourth-order valence-electron chi connectivity index (χ4n) is 3.54. The first-order valence-corrected chi connectivity index (χ1v) is 10.5. The number of nitrogens with one attached hydrogen (secondary N) is 2. The minimum absolute atomic E-state index is 0.237. The van der Waals surface area contributed by atoms with Gasteiger partial charge in [-0.2, -0.15) is 0 Å². The summed E-state index contributed by atoms with van der Waals surface area (Å²) >= 11 is 6.96. The van der Waals surface area contributed by atoms with Gasteiger partial charge in [-0.3, -0.25) is 4.99 Å². The molecule has 0 spiro atoms. The van der Waals surface area contributed by atoms with E-state index < -0.39 is 0 Å². The van der Waals surface area contributed by atoms with Gasteiger partial charge in [-0.25, -0.2) is 0 Å². The van der Waals surface area contributed by atoms with E-state index in [0.29, 0.717) is 10.9 Å². The number of nitrogens with zero attached hydrogens (tertiary/aromatic N) is 1. The second-order valence-corrected chi connectivity index (χ2v) is 9.21. The Balaban J connectivity index is 1.57. The molecule has 1 fully saturated rings. The van der Waals surface area contributed by atoms with Crippen LogP contribution in [-0.2, 0) is 0 Å². The predicted molar refractivity (Wildman–Crippen MR) is 115 cm³/mol. The van der Waals surface area contributed by atoms with E-state index in [2.05, 4.69) is 53.7 Å². The summed E-state index contributed by atoms with van der Waals surface area (Å²) in [5.74, 6) is 0. The first-order valence-electron chi connectivity index (χ1n) is 9.28. The van der Waals surface area contributed by atoms with Crippen molar-refractivity contribution in [2.45, 2.75) is 57.0 Å². The van der Waals surface area contributed by atoms with E-state index in [0.717, 1.165) is 10.6 Å². The molecular weight excluding hydrogens is 360 g/mol. The fourth-order valence-corrected chi connectivity index (χ4v) is 4.63. The standard InChI is InChI=1S/C20H28N4S2/c1-14-6-8-15(9-7-14)26-19(25)24-18(21)16-12-23-17(13-22-16)20(2)10-4-3-5-11-20/h6-9,13,18,23H,3-5,10-12,21H2,1-2H3,(H,24,25). The van der Waals surface area contributed by atoms with Crippen LogP contribution in [0.2, 0.25) is 0 Å². The van der Waals surface area contributed by atoms with E-state index in [1.54, 1.807) is 0 Å². The maximum Gasteiger partial charge on any atom is 0.140 e. The first kappa shape index (κ1) is 19.4. The molecule has 0 aromatic heterocycles. The van der Waals surface area contributed by atoms with Crippen LogP contribution in [0.15, 0.2) is 46.1 Å². The molecule has 1 aromatic carbocycles. The fraction of sp³-hybridized carbons (Fsp3) is 0.500. The molecule has 0 amide bonds. The number of hydrogen-bond donors (Lipinski definition) is 3. The van der Waals surface area contributed by atoms with Crippen molar-refractivity contribution in [1.82, 2.24) is 10.6 Å². The lowest BCUT2D eigenvalue weighted by Gasteiger charge is -2.37. The summed E-state index contributed by atoms with van der Waals surface area (Å²) in [5.41, 5.74) is 9.89. The zero-order valence-electron chi connectivity index (χ0n) is 15.5. The molecule has 0 saturated heterocycles. The lowest BCUT2D eigenvalue weighted by Crippen LogP contribution is -2.50. The molecule has 1 aromatic rings. The molecule has 1 unspecified atom stereocenters. The predicted octanol–water partition coefficient (Wildman–Crippen LogP) is 4.10. The van der Waals surface area contributed by atoms with Gasteiger partial charge >= 0.3 is 0 Å². The summed E-state index contributed by atoms with van der Waals surface area (Å²) in [6.07, 6.45) is 8.03. The van der Waals surface area contributed by atoms with Crippen molar-refractivity contribution < 1.29 is 0 Å². The Hall–Kier alpha value is -1.37. The number of rotatable bonds is 4. The minimum atomic E-state index is -0.370. The van der Waals surface area contributed by atoms with Crippen LogP contribution in [0, 0.1) is 12.3 Å². The quantitative estimate of drug-likeness (QED) is 0.412. The van der Waals surface area contributed by atoms with Crippen molar-refractivity contribution in [3.63, 3.8) is 0 Å². The van der Waals surface area contributed by atoms with Gasteiger partial charge in [-0.15, -0.1) is 0 Å². The van der Waals surface area contributed by atoms with Crippen LogP contribution in [0.5, 0.6) is 0 Å². The highest BCUT2D eigenvalue weighted by atomic mass is 32.2. The van der Waals surface area contributed by atoms with Gasteiger partial charge in [0, 0.05) is 22.2 Å². The highest BCUT2D eigenvalue weighted by Crippen LogP contribution is 2.41. The van der Waals surface area contributed by atoms with E-state index in [1.165, 1.54) is 55.1 Å². The molecule has 3 rings (SSSR count). The van der Waals surface area contributed by atoms with E-state index >= 15 is 0 Å². The molecule has 2 aliphatic rings. The molecule has 1 atom stereocenters. The number of thiocarbonyl (C=S) groups is 1. The van der Waals surface area contributed by atoms with Crippen molar-refractivity contribution in [3.8, 4) is 0 Å². The van der Waals surface area contributed by atoms with Crippen molar-refractivity contribution >= 4 is 34.0 Å². The third kappa shape index (κ3) is 4.87. The average molecular weight is 389 g/mol. The van der Waals surface area contributed by atoms with E-state index in [9.17, 15) is 0 Å². The smallest absolute Gasteiger partial charge is 0.140 e. The number of aliphatic imine (C=N–C) groups is 1. The molecule has 1 aliphatic heterocycles. The van der Waals surface area contributed by atoms with Crippen LogP contribution >= 0.6 is 24.0 Å². The normalized spacial score (nSPS) is 20.4. The van der Waals surface area contributed by atoms with E-state index in [1.807, 2.05) is 6.20 Å². The third-order valence-electron chi connectivity index (χ3n) is 5.29. The number of aryl methyl sites for hydroxylation is 1. The van der Waals surface area contributed by atoms with Crippen LogP contribution in [0.3, 0.4) is 0 Å². The SMILES string of the molecule is Cc1ccc(SC(=S)NC(N)C2=NC=C(C3(C)CCCCC3)NC2)cc1. The lowest BCUT2D eigenvalue weighted by atomic mass is 9.73. The monoisotopic (exact) mass is 388 g/mol.